The minimum atomic E-state index is -1.00. The number of nitrogens with zero attached hydrogens (tertiary/aromatic N) is 1. The zero-order valence-electron chi connectivity index (χ0n) is 9.55. The summed E-state index contributed by atoms with van der Waals surface area (Å²) in [5.41, 5.74) is 5.93. The molecule has 0 aromatic rings. The first-order valence-corrected chi connectivity index (χ1v) is 5.92. The van der Waals surface area contributed by atoms with Gasteiger partial charge in [0.15, 0.2) is 0 Å². The van der Waals surface area contributed by atoms with Crippen LogP contribution >= 0.6 is 0 Å². The SMILES string of the molecule is CNC1CN(CC2C(F)CCCC2F)NN1. The van der Waals surface area contributed by atoms with Crippen LogP contribution in [-0.2, 0) is 0 Å². The average Bonchev–Trinajstić information content (AvgIpc) is 2.71. The van der Waals surface area contributed by atoms with Gasteiger partial charge in [-0.25, -0.2) is 19.2 Å². The minimum absolute atomic E-state index is 0.139. The standard InChI is InChI=1S/C10H20F2N4/c1-13-10-6-16(15-14-10)5-7-8(11)3-2-4-9(7)12/h7-10,13-15H,2-6H2,1H3. The van der Waals surface area contributed by atoms with Gasteiger partial charge in [-0.05, 0) is 26.3 Å². The van der Waals surface area contributed by atoms with Crippen LogP contribution in [0.5, 0.6) is 0 Å². The van der Waals surface area contributed by atoms with Gasteiger partial charge in [0.25, 0.3) is 0 Å². The molecular weight excluding hydrogens is 214 g/mol. The normalized spacial score (nSPS) is 41.4. The van der Waals surface area contributed by atoms with Crippen molar-refractivity contribution in [1.29, 1.82) is 0 Å². The molecule has 1 aliphatic heterocycles. The van der Waals surface area contributed by atoms with E-state index in [0.29, 0.717) is 32.4 Å². The van der Waals surface area contributed by atoms with Crippen LogP contribution in [0.25, 0.3) is 0 Å². The average molecular weight is 234 g/mol. The molecule has 0 aromatic carbocycles. The first-order valence-electron chi connectivity index (χ1n) is 5.92. The molecule has 0 bridgehead atoms. The lowest BCUT2D eigenvalue weighted by atomic mass is 9.85. The maximum Gasteiger partial charge on any atom is 0.107 e. The molecule has 0 spiro atoms. The molecule has 16 heavy (non-hydrogen) atoms. The molecule has 6 heteroatoms. The molecule has 1 heterocycles. The third-order valence-corrected chi connectivity index (χ3v) is 3.47. The van der Waals surface area contributed by atoms with Gasteiger partial charge in [0.2, 0.25) is 0 Å². The minimum Gasteiger partial charge on any atom is -0.303 e. The van der Waals surface area contributed by atoms with E-state index >= 15 is 0 Å². The summed E-state index contributed by atoms with van der Waals surface area (Å²) in [6.07, 6.45) is -0.189. The van der Waals surface area contributed by atoms with Crippen molar-refractivity contribution in [2.24, 2.45) is 5.92 Å². The zero-order chi connectivity index (χ0) is 11.5. The van der Waals surface area contributed by atoms with Crippen molar-refractivity contribution in [1.82, 2.24) is 21.3 Å². The van der Waals surface area contributed by atoms with Crippen LogP contribution in [0.3, 0.4) is 0 Å². The van der Waals surface area contributed by atoms with Crippen LogP contribution in [0.4, 0.5) is 8.78 Å². The molecule has 0 amide bonds. The highest BCUT2D eigenvalue weighted by molar-refractivity contribution is 4.85. The second-order valence-electron chi connectivity index (χ2n) is 4.63. The smallest absolute Gasteiger partial charge is 0.107 e. The fraction of sp³-hybridized carbons (Fsp3) is 1.00. The van der Waals surface area contributed by atoms with E-state index in [1.54, 1.807) is 0 Å². The molecule has 1 saturated carbocycles. The first kappa shape index (κ1) is 12.2. The van der Waals surface area contributed by atoms with Gasteiger partial charge in [-0.15, -0.1) is 0 Å². The van der Waals surface area contributed by atoms with E-state index in [1.807, 2.05) is 12.1 Å². The predicted octanol–water partition coefficient (Wildman–Crippen LogP) is 0.333. The Balaban J connectivity index is 1.83. The molecule has 1 aliphatic carbocycles. The van der Waals surface area contributed by atoms with Crippen LogP contribution in [0.2, 0.25) is 0 Å². The van der Waals surface area contributed by atoms with E-state index in [4.69, 9.17) is 0 Å². The molecule has 94 valence electrons. The molecule has 3 N–H and O–H groups in total. The van der Waals surface area contributed by atoms with Gasteiger partial charge in [-0.1, -0.05) is 0 Å². The number of hydrazine groups is 2. The number of alkyl halides is 2. The largest absolute Gasteiger partial charge is 0.303 e. The highest BCUT2D eigenvalue weighted by Crippen LogP contribution is 2.30. The number of rotatable bonds is 3. The summed E-state index contributed by atoms with van der Waals surface area (Å²) in [5.74, 6) is -0.487. The Morgan fingerprint density at radius 2 is 2.00 bits per heavy atom. The lowest BCUT2D eigenvalue weighted by molar-refractivity contribution is 0.0388. The number of hydrogen-bond donors (Lipinski definition) is 3. The van der Waals surface area contributed by atoms with Crippen molar-refractivity contribution in [2.75, 3.05) is 20.1 Å². The third-order valence-electron chi connectivity index (χ3n) is 3.47. The van der Waals surface area contributed by atoms with E-state index in [9.17, 15) is 8.78 Å². The maximum absolute atomic E-state index is 13.6. The van der Waals surface area contributed by atoms with Crippen molar-refractivity contribution in [3.63, 3.8) is 0 Å². The highest BCUT2D eigenvalue weighted by atomic mass is 19.1. The van der Waals surface area contributed by atoms with Crippen molar-refractivity contribution in [3.8, 4) is 0 Å². The molecule has 2 fully saturated rings. The predicted molar refractivity (Wildman–Crippen MR) is 57.8 cm³/mol. The molecule has 0 aromatic heterocycles. The summed E-state index contributed by atoms with van der Waals surface area (Å²) in [7, 11) is 1.85. The fourth-order valence-corrected chi connectivity index (χ4v) is 2.41. The van der Waals surface area contributed by atoms with Crippen molar-refractivity contribution < 1.29 is 8.78 Å². The van der Waals surface area contributed by atoms with E-state index in [1.165, 1.54) is 0 Å². The van der Waals surface area contributed by atoms with Gasteiger partial charge >= 0.3 is 0 Å². The molecule has 4 nitrogen and oxygen atoms in total. The number of hydrogen-bond acceptors (Lipinski definition) is 4. The Morgan fingerprint density at radius 3 is 2.56 bits per heavy atom. The topological polar surface area (TPSA) is 39.3 Å². The summed E-state index contributed by atoms with van der Waals surface area (Å²) in [6.45, 7) is 1.14. The third kappa shape index (κ3) is 2.68. The summed E-state index contributed by atoms with van der Waals surface area (Å²) in [5, 5.41) is 4.89. The Bertz CT molecular complexity index is 219. The highest BCUT2D eigenvalue weighted by Gasteiger charge is 2.36. The Labute approximate surface area is 94.7 Å². The summed E-state index contributed by atoms with van der Waals surface area (Å²) in [6, 6.07) is 0. The van der Waals surface area contributed by atoms with Gasteiger partial charge in [0.05, 0.1) is 6.17 Å². The molecule has 3 atom stereocenters. The summed E-state index contributed by atoms with van der Waals surface area (Å²) >= 11 is 0. The molecule has 3 unspecified atom stereocenters. The Hall–Kier alpha value is -0.300. The van der Waals surface area contributed by atoms with Crippen LogP contribution in [0.1, 0.15) is 19.3 Å². The van der Waals surface area contributed by atoms with E-state index in [-0.39, 0.29) is 6.17 Å². The zero-order valence-corrected chi connectivity index (χ0v) is 9.55. The van der Waals surface area contributed by atoms with Gasteiger partial charge in [0.1, 0.15) is 12.3 Å². The summed E-state index contributed by atoms with van der Waals surface area (Å²) in [4.78, 5) is 0. The van der Waals surface area contributed by atoms with Crippen molar-refractivity contribution >= 4 is 0 Å². The van der Waals surface area contributed by atoms with Gasteiger partial charge < -0.3 is 5.32 Å². The van der Waals surface area contributed by atoms with Crippen LogP contribution in [0, 0.1) is 5.92 Å². The van der Waals surface area contributed by atoms with Crippen molar-refractivity contribution in [3.05, 3.63) is 0 Å². The van der Waals surface area contributed by atoms with E-state index in [0.717, 1.165) is 0 Å². The molecule has 2 aliphatic rings. The number of nitrogens with one attached hydrogen (secondary N) is 3. The molecule has 0 radical (unpaired) electrons. The second kappa shape index (κ2) is 5.35. The fourth-order valence-electron chi connectivity index (χ4n) is 2.41. The molecule has 2 rings (SSSR count). The Kier molecular flexibility index (Phi) is 4.07. The maximum atomic E-state index is 13.6. The van der Waals surface area contributed by atoms with Gasteiger partial charge in [-0.2, -0.15) is 5.53 Å². The summed E-state index contributed by atoms with van der Waals surface area (Å²) < 4.78 is 27.2. The Morgan fingerprint density at radius 1 is 1.31 bits per heavy atom. The monoisotopic (exact) mass is 234 g/mol. The first-order chi connectivity index (χ1) is 7.70. The lowest BCUT2D eigenvalue weighted by Gasteiger charge is -2.31. The van der Waals surface area contributed by atoms with Crippen molar-refractivity contribution in [2.45, 2.75) is 37.8 Å². The van der Waals surface area contributed by atoms with Gasteiger partial charge in [-0.3, -0.25) is 0 Å². The van der Waals surface area contributed by atoms with Crippen LogP contribution in [0.15, 0.2) is 0 Å². The van der Waals surface area contributed by atoms with Crippen LogP contribution < -0.4 is 16.3 Å². The quantitative estimate of drug-likeness (QED) is 0.658. The van der Waals surface area contributed by atoms with Crippen LogP contribution in [-0.4, -0.2) is 43.7 Å². The second-order valence-corrected chi connectivity index (χ2v) is 4.63. The number of likely N-dealkylation sites (N-methyl/N-ethyl adjacent to an activating group) is 1. The van der Waals surface area contributed by atoms with E-state index < -0.39 is 18.3 Å². The lowest BCUT2D eigenvalue weighted by Crippen LogP contribution is -2.45. The number of halogens is 2. The van der Waals surface area contributed by atoms with Gasteiger partial charge in [0, 0.05) is 19.0 Å². The molecule has 1 saturated heterocycles. The van der Waals surface area contributed by atoms with E-state index in [2.05, 4.69) is 16.3 Å². The molecular formula is C10H20F2N4.